The lowest BCUT2D eigenvalue weighted by molar-refractivity contribution is 0.189. The first kappa shape index (κ1) is 11.9. The van der Waals surface area contributed by atoms with E-state index in [9.17, 15) is 13.5 Å². The molecule has 0 radical (unpaired) electrons. The third kappa shape index (κ3) is 3.20. The van der Waals surface area contributed by atoms with Crippen LogP contribution in [0.15, 0.2) is 0 Å². The maximum absolute atomic E-state index is 11.6. The van der Waals surface area contributed by atoms with Crippen LogP contribution in [-0.4, -0.2) is 49.3 Å². The molecule has 84 valence electrons. The van der Waals surface area contributed by atoms with Crippen molar-refractivity contribution in [3.05, 3.63) is 0 Å². The molecular weight excluding hydrogens is 204 g/mol. The molecule has 1 heterocycles. The van der Waals surface area contributed by atoms with E-state index in [1.807, 2.05) is 0 Å². The lowest BCUT2D eigenvalue weighted by Crippen LogP contribution is -2.31. The molecule has 0 saturated carbocycles. The SMILES string of the molecule is NCCCCS(=O)(=O)N1CCC(O)C1. The fraction of sp³-hybridized carbons (Fsp3) is 1.00. The van der Waals surface area contributed by atoms with Crippen LogP contribution in [0.25, 0.3) is 0 Å². The number of β-amino-alcohol motifs (C(OH)–C–C–N with tert-alkyl or cyclic N) is 1. The van der Waals surface area contributed by atoms with Crippen LogP contribution in [0.5, 0.6) is 0 Å². The molecule has 0 aromatic heterocycles. The molecule has 1 atom stereocenters. The fourth-order valence-corrected chi connectivity index (χ4v) is 3.13. The Bertz CT molecular complexity index is 266. The van der Waals surface area contributed by atoms with Gasteiger partial charge in [-0.25, -0.2) is 8.42 Å². The van der Waals surface area contributed by atoms with Gasteiger partial charge in [0.1, 0.15) is 0 Å². The van der Waals surface area contributed by atoms with Crippen molar-refractivity contribution in [2.24, 2.45) is 5.73 Å². The fourth-order valence-electron chi connectivity index (χ4n) is 1.52. The van der Waals surface area contributed by atoms with Crippen molar-refractivity contribution < 1.29 is 13.5 Å². The average Bonchev–Trinajstić information content (AvgIpc) is 2.53. The summed E-state index contributed by atoms with van der Waals surface area (Å²) >= 11 is 0. The van der Waals surface area contributed by atoms with Gasteiger partial charge in [-0.3, -0.25) is 0 Å². The van der Waals surface area contributed by atoms with Crippen LogP contribution in [0.2, 0.25) is 0 Å². The van der Waals surface area contributed by atoms with E-state index in [-0.39, 0.29) is 12.3 Å². The molecule has 6 heteroatoms. The van der Waals surface area contributed by atoms with Crippen molar-refractivity contribution in [3.8, 4) is 0 Å². The Hall–Kier alpha value is -0.170. The lowest BCUT2D eigenvalue weighted by Gasteiger charge is -2.15. The number of sulfonamides is 1. The second-order valence-corrected chi connectivity index (χ2v) is 5.70. The van der Waals surface area contributed by atoms with Gasteiger partial charge in [-0.05, 0) is 25.8 Å². The number of aliphatic hydroxyl groups excluding tert-OH is 1. The number of unbranched alkanes of at least 4 members (excludes halogenated alkanes) is 1. The zero-order chi connectivity index (χ0) is 10.6. The van der Waals surface area contributed by atoms with Crippen LogP contribution in [0.3, 0.4) is 0 Å². The maximum atomic E-state index is 11.6. The van der Waals surface area contributed by atoms with Crippen LogP contribution < -0.4 is 5.73 Å². The highest BCUT2D eigenvalue weighted by atomic mass is 32.2. The van der Waals surface area contributed by atoms with Crippen LogP contribution in [0.4, 0.5) is 0 Å². The highest BCUT2D eigenvalue weighted by Gasteiger charge is 2.29. The number of aliphatic hydroxyl groups is 1. The van der Waals surface area contributed by atoms with E-state index in [0.717, 1.165) is 6.42 Å². The summed E-state index contributed by atoms with van der Waals surface area (Å²) in [6, 6.07) is 0. The Balaban J connectivity index is 2.41. The van der Waals surface area contributed by atoms with Gasteiger partial charge in [0, 0.05) is 13.1 Å². The molecule has 1 aliphatic rings. The summed E-state index contributed by atoms with van der Waals surface area (Å²) in [5.74, 6) is 0.150. The van der Waals surface area contributed by atoms with Gasteiger partial charge in [0.2, 0.25) is 10.0 Å². The van der Waals surface area contributed by atoms with Crippen LogP contribution in [-0.2, 0) is 10.0 Å². The normalized spacial score (nSPS) is 24.3. The predicted molar refractivity (Wildman–Crippen MR) is 54.3 cm³/mol. The maximum Gasteiger partial charge on any atom is 0.214 e. The Kier molecular flexibility index (Phi) is 4.31. The molecule has 3 N–H and O–H groups in total. The van der Waals surface area contributed by atoms with Crippen molar-refractivity contribution in [2.75, 3.05) is 25.4 Å². The largest absolute Gasteiger partial charge is 0.392 e. The third-order valence-electron chi connectivity index (χ3n) is 2.38. The van der Waals surface area contributed by atoms with E-state index in [4.69, 9.17) is 5.73 Å². The molecule has 1 fully saturated rings. The number of nitrogens with zero attached hydrogens (tertiary/aromatic N) is 1. The van der Waals surface area contributed by atoms with Gasteiger partial charge in [-0.15, -0.1) is 0 Å². The molecule has 1 saturated heterocycles. The lowest BCUT2D eigenvalue weighted by atomic mass is 10.3. The number of rotatable bonds is 5. The monoisotopic (exact) mass is 222 g/mol. The average molecular weight is 222 g/mol. The Morgan fingerprint density at radius 2 is 2.14 bits per heavy atom. The molecule has 1 unspecified atom stereocenters. The molecule has 0 aliphatic carbocycles. The van der Waals surface area contributed by atoms with Crippen LogP contribution >= 0.6 is 0 Å². The second-order valence-electron chi connectivity index (χ2n) is 3.61. The molecular formula is C8H18N2O3S. The summed E-state index contributed by atoms with van der Waals surface area (Å²) in [6.45, 7) is 1.23. The summed E-state index contributed by atoms with van der Waals surface area (Å²) in [7, 11) is -3.15. The molecule has 0 aromatic rings. The summed E-state index contributed by atoms with van der Waals surface area (Å²) < 4.78 is 24.6. The summed E-state index contributed by atoms with van der Waals surface area (Å²) in [5.41, 5.74) is 5.28. The molecule has 1 rings (SSSR count). The predicted octanol–water partition coefficient (Wildman–Crippen LogP) is -0.878. The third-order valence-corrected chi connectivity index (χ3v) is 4.30. The summed E-state index contributed by atoms with van der Waals surface area (Å²) in [5, 5.41) is 9.21. The van der Waals surface area contributed by atoms with E-state index in [0.29, 0.717) is 25.9 Å². The molecule has 0 amide bonds. The number of hydrogen-bond donors (Lipinski definition) is 2. The minimum atomic E-state index is -3.15. The van der Waals surface area contributed by atoms with Gasteiger partial charge in [0.25, 0.3) is 0 Å². The van der Waals surface area contributed by atoms with E-state index in [1.165, 1.54) is 4.31 Å². The van der Waals surface area contributed by atoms with Crippen molar-refractivity contribution in [1.29, 1.82) is 0 Å². The van der Waals surface area contributed by atoms with E-state index in [1.54, 1.807) is 0 Å². The Labute approximate surface area is 84.9 Å². The van der Waals surface area contributed by atoms with Crippen molar-refractivity contribution in [3.63, 3.8) is 0 Å². The van der Waals surface area contributed by atoms with Crippen molar-refractivity contribution in [1.82, 2.24) is 4.31 Å². The molecule has 5 nitrogen and oxygen atoms in total. The summed E-state index contributed by atoms with van der Waals surface area (Å²) in [4.78, 5) is 0. The molecule has 0 bridgehead atoms. The zero-order valence-electron chi connectivity index (χ0n) is 8.22. The first-order chi connectivity index (χ1) is 6.56. The van der Waals surface area contributed by atoms with Crippen LogP contribution in [0.1, 0.15) is 19.3 Å². The molecule has 0 aromatic carbocycles. The number of nitrogens with two attached hydrogens (primary N) is 1. The highest BCUT2D eigenvalue weighted by molar-refractivity contribution is 7.89. The van der Waals surface area contributed by atoms with Gasteiger partial charge in [0.05, 0.1) is 11.9 Å². The van der Waals surface area contributed by atoms with Gasteiger partial charge in [0.15, 0.2) is 0 Å². The molecule has 14 heavy (non-hydrogen) atoms. The quantitative estimate of drug-likeness (QED) is 0.592. The first-order valence-corrected chi connectivity index (χ1v) is 6.53. The van der Waals surface area contributed by atoms with Gasteiger partial charge < -0.3 is 10.8 Å². The smallest absolute Gasteiger partial charge is 0.214 e. The van der Waals surface area contributed by atoms with Crippen molar-refractivity contribution in [2.45, 2.75) is 25.4 Å². The highest BCUT2D eigenvalue weighted by Crippen LogP contribution is 2.14. The minimum Gasteiger partial charge on any atom is -0.392 e. The first-order valence-electron chi connectivity index (χ1n) is 4.92. The minimum absolute atomic E-state index is 0.150. The van der Waals surface area contributed by atoms with E-state index < -0.39 is 16.1 Å². The number of hydrogen-bond acceptors (Lipinski definition) is 4. The van der Waals surface area contributed by atoms with Gasteiger partial charge in [-0.1, -0.05) is 0 Å². The zero-order valence-corrected chi connectivity index (χ0v) is 9.04. The molecule has 1 aliphatic heterocycles. The standard InChI is InChI=1S/C8H18N2O3S/c9-4-1-2-6-14(12,13)10-5-3-8(11)7-10/h8,11H,1-7,9H2. The topological polar surface area (TPSA) is 83.6 Å². The van der Waals surface area contributed by atoms with E-state index >= 15 is 0 Å². The summed E-state index contributed by atoms with van der Waals surface area (Å²) in [6.07, 6.45) is 1.40. The molecule has 0 spiro atoms. The Morgan fingerprint density at radius 1 is 1.43 bits per heavy atom. The Morgan fingerprint density at radius 3 is 2.64 bits per heavy atom. The van der Waals surface area contributed by atoms with Crippen LogP contribution in [0, 0.1) is 0 Å². The van der Waals surface area contributed by atoms with Gasteiger partial charge in [-0.2, -0.15) is 4.31 Å². The van der Waals surface area contributed by atoms with Crippen molar-refractivity contribution >= 4 is 10.0 Å². The van der Waals surface area contributed by atoms with E-state index in [2.05, 4.69) is 0 Å². The second kappa shape index (κ2) is 5.06. The van der Waals surface area contributed by atoms with Gasteiger partial charge >= 0.3 is 0 Å².